The second-order valence-corrected chi connectivity index (χ2v) is 4.88. The molecule has 0 bridgehead atoms. The first-order valence-electron chi connectivity index (χ1n) is 6.49. The van der Waals surface area contributed by atoms with Crippen LogP contribution in [0.1, 0.15) is 11.3 Å². The number of carbonyl (C=O) groups is 2. The zero-order valence-electron chi connectivity index (χ0n) is 11.8. The summed E-state index contributed by atoms with van der Waals surface area (Å²) in [5, 5.41) is 3.14. The van der Waals surface area contributed by atoms with Crippen molar-refractivity contribution >= 4 is 35.2 Å². The molecule has 0 unspecified atom stereocenters. The number of esters is 1. The van der Waals surface area contributed by atoms with E-state index in [0.717, 1.165) is 5.56 Å². The Morgan fingerprint density at radius 1 is 1.36 bits per heavy atom. The van der Waals surface area contributed by atoms with Gasteiger partial charge in [0.05, 0.1) is 6.26 Å². The van der Waals surface area contributed by atoms with Crippen LogP contribution in [0.5, 0.6) is 0 Å². The van der Waals surface area contributed by atoms with E-state index in [1.54, 1.807) is 30.3 Å². The Kier molecular flexibility index (Phi) is 5.38. The van der Waals surface area contributed by atoms with E-state index >= 15 is 0 Å². The molecule has 5 nitrogen and oxygen atoms in total. The largest absolute Gasteiger partial charge is 0.465 e. The Bertz CT molecular complexity index is 692. The minimum Gasteiger partial charge on any atom is -0.465 e. The van der Waals surface area contributed by atoms with Crippen LogP contribution in [-0.4, -0.2) is 18.5 Å². The van der Waals surface area contributed by atoms with Gasteiger partial charge in [0.15, 0.2) is 6.61 Å². The van der Waals surface area contributed by atoms with Crippen LogP contribution in [0.2, 0.25) is 5.02 Å². The topological polar surface area (TPSA) is 68.5 Å². The fraction of sp³-hybridized carbons (Fsp3) is 0.125. The second kappa shape index (κ2) is 7.47. The summed E-state index contributed by atoms with van der Waals surface area (Å²) in [4.78, 5) is 23.1. The number of furan rings is 1. The molecule has 0 radical (unpaired) electrons. The molecule has 0 atom stereocenters. The predicted molar refractivity (Wildman–Crippen MR) is 83.5 cm³/mol. The summed E-state index contributed by atoms with van der Waals surface area (Å²) in [6.45, 7) is 1.48. The molecule has 1 heterocycles. The highest BCUT2D eigenvalue weighted by Gasteiger charge is 2.07. The Hall–Kier alpha value is -2.53. The summed E-state index contributed by atoms with van der Waals surface area (Å²) in [7, 11) is 0. The number of aryl methyl sites for hydroxylation is 1. The molecular formula is C16H14ClNO4. The first kappa shape index (κ1) is 15.9. The van der Waals surface area contributed by atoms with Gasteiger partial charge in [0.25, 0.3) is 5.91 Å². The van der Waals surface area contributed by atoms with Gasteiger partial charge in [-0.1, -0.05) is 17.7 Å². The first-order valence-corrected chi connectivity index (χ1v) is 6.87. The number of nitrogens with one attached hydrogen (secondary N) is 1. The highest BCUT2D eigenvalue weighted by molar-refractivity contribution is 6.31. The molecule has 2 rings (SSSR count). The molecule has 22 heavy (non-hydrogen) atoms. The molecular weight excluding hydrogens is 306 g/mol. The highest BCUT2D eigenvalue weighted by atomic mass is 35.5. The monoisotopic (exact) mass is 319 g/mol. The molecule has 0 spiro atoms. The molecule has 0 aliphatic carbocycles. The maximum absolute atomic E-state index is 11.7. The molecule has 0 saturated carbocycles. The van der Waals surface area contributed by atoms with Crippen LogP contribution in [-0.2, 0) is 14.3 Å². The van der Waals surface area contributed by atoms with E-state index in [1.165, 1.54) is 18.4 Å². The summed E-state index contributed by atoms with van der Waals surface area (Å²) in [5.74, 6) is -0.552. The molecule has 114 valence electrons. The third-order valence-electron chi connectivity index (χ3n) is 2.73. The van der Waals surface area contributed by atoms with Gasteiger partial charge in [-0.2, -0.15) is 0 Å². The molecule has 1 aromatic carbocycles. The summed E-state index contributed by atoms with van der Waals surface area (Å²) in [5.41, 5.74) is 1.46. The third-order valence-corrected chi connectivity index (χ3v) is 3.14. The first-order chi connectivity index (χ1) is 10.5. The third kappa shape index (κ3) is 4.79. The Morgan fingerprint density at radius 2 is 2.18 bits per heavy atom. The molecule has 0 aliphatic heterocycles. The van der Waals surface area contributed by atoms with Crippen LogP contribution in [0.15, 0.2) is 47.1 Å². The number of anilines is 1. The maximum Gasteiger partial charge on any atom is 0.331 e. The maximum atomic E-state index is 11.7. The number of hydrogen-bond acceptors (Lipinski definition) is 4. The predicted octanol–water partition coefficient (Wildman–Crippen LogP) is 3.44. The molecule has 1 N–H and O–H groups in total. The number of amides is 1. The number of rotatable bonds is 5. The van der Waals surface area contributed by atoms with Crippen molar-refractivity contribution in [3.05, 3.63) is 59.0 Å². The van der Waals surface area contributed by atoms with Crippen molar-refractivity contribution in [1.29, 1.82) is 0 Å². The minimum atomic E-state index is -0.631. The van der Waals surface area contributed by atoms with Crippen LogP contribution >= 0.6 is 11.6 Å². The fourth-order valence-corrected chi connectivity index (χ4v) is 1.77. The lowest BCUT2D eigenvalue weighted by molar-refractivity contribution is -0.142. The Labute approximate surface area is 132 Å². The van der Waals surface area contributed by atoms with Crippen molar-refractivity contribution < 1.29 is 18.7 Å². The molecule has 6 heteroatoms. The minimum absolute atomic E-state index is 0.382. The molecule has 1 aromatic heterocycles. The molecule has 0 fully saturated rings. The lowest BCUT2D eigenvalue weighted by Gasteiger charge is -2.06. The number of benzene rings is 1. The van der Waals surface area contributed by atoms with Gasteiger partial charge in [0, 0.05) is 16.8 Å². The van der Waals surface area contributed by atoms with Gasteiger partial charge in [-0.05, 0) is 42.8 Å². The SMILES string of the molecule is Cc1ccc(NC(=O)COC(=O)/C=C/c2ccco2)cc1Cl. The van der Waals surface area contributed by atoms with Gasteiger partial charge in [0.1, 0.15) is 5.76 Å². The van der Waals surface area contributed by atoms with Gasteiger partial charge in [-0.3, -0.25) is 4.79 Å². The lowest BCUT2D eigenvalue weighted by atomic mass is 10.2. The summed E-state index contributed by atoms with van der Waals surface area (Å²) in [6.07, 6.45) is 4.14. The summed E-state index contributed by atoms with van der Waals surface area (Å²) >= 11 is 5.96. The van der Waals surface area contributed by atoms with Crippen molar-refractivity contribution in [2.45, 2.75) is 6.92 Å². The Balaban J connectivity index is 1.79. The standard InChI is InChI=1S/C16H14ClNO4/c1-11-4-5-12(9-14(11)17)18-15(19)10-22-16(20)7-6-13-3-2-8-21-13/h2-9H,10H2,1H3,(H,18,19)/b7-6+. The number of halogens is 1. The van der Waals surface area contributed by atoms with Crippen molar-refractivity contribution in [2.75, 3.05) is 11.9 Å². The van der Waals surface area contributed by atoms with Crippen LogP contribution < -0.4 is 5.32 Å². The highest BCUT2D eigenvalue weighted by Crippen LogP contribution is 2.19. The van der Waals surface area contributed by atoms with Crippen molar-refractivity contribution in [1.82, 2.24) is 0 Å². The number of ether oxygens (including phenoxy) is 1. The number of carbonyl (C=O) groups excluding carboxylic acids is 2. The van der Waals surface area contributed by atoms with Gasteiger partial charge in [0.2, 0.25) is 0 Å². The van der Waals surface area contributed by atoms with Crippen molar-refractivity contribution in [3.63, 3.8) is 0 Å². The van der Waals surface area contributed by atoms with E-state index in [0.29, 0.717) is 16.5 Å². The second-order valence-electron chi connectivity index (χ2n) is 4.47. The molecule has 1 amide bonds. The smallest absolute Gasteiger partial charge is 0.331 e. The lowest BCUT2D eigenvalue weighted by Crippen LogP contribution is -2.20. The zero-order chi connectivity index (χ0) is 15.9. The van der Waals surface area contributed by atoms with Crippen molar-refractivity contribution in [3.8, 4) is 0 Å². The van der Waals surface area contributed by atoms with E-state index in [4.69, 9.17) is 20.8 Å². The van der Waals surface area contributed by atoms with Crippen LogP contribution in [0.3, 0.4) is 0 Å². The average molecular weight is 320 g/mol. The van der Waals surface area contributed by atoms with Crippen LogP contribution in [0.4, 0.5) is 5.69 Å². The van der Waals surface area contributed by atoms with E-state index < -0.39 is 11.9 Å². The van der Waals surface area contributed by atoms with Crippen LogP contribution in [0.25, 0.3) is 6.08 Å². The fourth-order valence-electron chi connectivity index (χ4n) is 1.59. The molecule has 0 aliphatic rings. The summed E-state index contributed by atoms with van der Waals surface area (Å²) < 4.78 is 9.84. The van der Waals surface area contributed by atoms with Crippen LogP contribution in [0, 0.1) is 6.92 Å². The van der Waals surface area contributed by atoms with Gasteiger partial charge >= 0.3 is 5.97 Å². The van der Waals surface area contributed by atoms with E-state index in [9.17, 15) is 9.59 Å². The summed E-state index contributed by atoms with van der Waals surface area (Å²) in [6, 6.07) is 8.53. The van der Waals surface area contributed by atoms with E-state index in [2.05, 4.69) is 5.32 Å². The normalized spacial score (nSPS) is 10.6. The number of hydrogen-bond donors (Lipinski definition) is 1. The quantitative estimate of drug-likeness (QED) is 0.677. The van der Waals surface area contributed by atoms with Crippen molar-refractivity contribution in [2.24, 2.45) is 0 Å². The van der Waals surface area contributed by atoms with Gasteiger partial charge in [-0.25, -0.2) is 4.79 Å². The van der Waals surface area contributed by atoms with Gasteiger partial charge < -0.3 is 14.5 Å². The van der Waals surface area contributed by atoms with E-state index in [-0.39, 0.29) is 6.61 Å². The molecule has 2 aromatic rings. The average Bonchev–Trinajstić information content (AvgIpc) is 3.00. The van der Waals surface area contributed by atoms with Gasteiger partial charge in [-0.15, -0.1) is 0 Å². The zero-order valence-corrected chi connectivity index (χ0v) is 12.6. The molecule has 0 saturated heterocycles. The van der Waals surface area contributed by atoms with E-state index in [1.807, 2.05) is 6.92 Å². The Morgan fingerprint density at radius 3 is 2.86 bits per heavy atom.